The Morgan fingerprint density at radius 1 is 1.25 bits per heavy atom. The average Bonchev–Trinajstić information content (AvgIpc) is 2.54. The number of methoxy groups -OCH3 is 1. The van der Waals surface area contributed by atoms with Gasteiger partial charge in [0.2, 0.25) is 0 Å². The summed E-state index contributed by atoms with van der Waals surface area (Å²) < 4.78 is 11.2. The third-order valence-corrected chi connectivity index (χ3v) is 3.83. The summed E-state index contributed by atoms with van der Waals surface area (Å²) in [5, 5.41) is 5.07. The van der Waals surface area contributed by atoms with Crippen LogP contribution in [0.25, 0.3) is 0 Å². The summed E-state index contributed by atoms with van der Waals surface area (Å²) in [6, 6.07) is 10.7. The third-order valence-electron chi connectivity index (χ3n) is 3.03. The molecule has 2 aromatic carbocycles. The van der Waals surface area contributed by atoms with E-state index < -0.39 is 0 Å². The summed E-state index contributed by atoms with van der Waals surface area (Å²) in [7, 11) is 1.55. The van der Waals surface area contributed by atoms with Crippen molar-refractivity contribution in [2.24, 2.45) is 10.8 Å². The lowest BCUT2D eigenvalue weighted by molar-refractivity contribution is 0.284. The van der Waals surface area contributed by atoms with E-state index in [1.807, 2.05) is 12.1 Å². The first-order chi connectivity index (χ1) is 11.5. The molecule has 8 heteroatoms. The molecule has 0 bridgehead atoms. The fraction of sp³-hybridized carbons (Fsp3) is 0.125. The molecule has 0 aromatic heterocycles. The highest BCUT2D eigenvalue weighted by atomic mass is 35.5. The molecule has 0 radical (unpaired) electrons. The maximum absolute atomic E-state index is 6.17. The van der Waals surface area contributed by atoms with Crippen LogP contribution >= 0.6 is 35.4 Å². The lowest BCUT2D eigenvalue weighted by atomic mass is 10.2. The topological polar surface area (TPSA) is 68.9 Å². The van der Waals surface area contributed by atoms with E-state index in [1.54, 1.807) is 31.4 Å². The number of halogens is 2. The Kier molecular flexibility index (Phi) is 6.66. The molecule has 3 N–H and O–H groups in total. The second-order valence-corrected chi connectivity index (χ2v) is 5.86. The number of ether oxygens (including phenoxy) is 2. The monoisotopic (exact) mass is 383 g/mol. The van der Waals surface area contributed by atoms with Gasteiger partial charge < -0.3 is 15.2 Å². The van der Waals surface area contributed by atoms with Gasteiger partial charge in [-0.05, 0) is 36.5 Å². The Morgan fingerprint density at radius 3 is 2.54 bits per heavy atom. The number of rotatable bonds is 6. The molecule has 0 amide bonds. The number of hydrazone groups is 1. The summed E-state index contributed by atoms with van der Waals surface area (Å²) in [5.74, 6) is 1.06. The fourth-order valence-electron chi connectivity index (χ4n) is 1.93. The van der Waals surface area contributed by atoms with Crippen LogP contribution in [0.3, 0.4) is 0 Å². The van der Waals surface area contributed by atoms with Crippen molar-refractivity contribution in [3.63, 3.8) is 0 Å². The Morgan fingerprint density at radius 2 is 1.92 bits per heavy atom. The van der Waals surface area contributed by atoms with Gasteiger partial charge in [-0.15, -0.1) is 0 Å². The van der Waals surface area contributed by atoms with Crippen molar-refractivity contribution in [3.8, 4) is 11.5 Å². The summed E-state index contributed by atoms with van der Waals surface area (Å²) in [4.78, 5) is 0. The van der Waals surface area contributed by atoms with Gasteiger partial charge in [-0.3, -0.25) is 5.43 Å². The molecule has 0 saturated heterocycles. The van der Waals surface area contributed by atoms with Crippen LogP contribution in [0.1, 0.15) is 11.1 Å². The average molecular weight is 384 g/mol. The number of hydrogen-bond acceptors (Lipinski definition) is 4. The van der Waals surface area contributed by atoms with E-state index in [4.69, 9.17) is 50.6 Å². The van der Waals surface area contributed by atoms with Crippen LogP contribution in [0, 0.1) is 0 Å². The first-order valence-electron chi connectivity index (χ1n) is 6.84. The second kappa shape index (κ2) is 8.73. The lowest BCUT2D eigenvalue weighted by Gasteiger charge is -2.14. The molecule has 0 atom stereocenters. The van der Waals surface area contributed by atoms with Gasteiger partial charge in [-0.2, -0.15) is 5.10 Å². The van der Waals surface area contributed by atoms with E-state index in [0.717, 1.165) is 0 Å². The van der Waals surface area contributed by atoms with Crippen LogP contribution in [-0.4, -0.2) is 18.4 Å². The molecular formula is C16H15Cl2N3O2S. The fourth-order valence-corrected chi connectivity index (χ4v) is 2.49. The van der Waals surface area contributed by atoms with E-state index >= 15 is 0 Å². The van der Waals surface area contributed by atoms with E-state index in [0.29, 0.717) is 32.7 Å². The molecule has 0 fully saturated rings. The van der Waals surface area contributed by atoms with Gasteiger partial charge in [-0.1, -0.05) is 35.3 Å². The third kappa shape index (κ3) is 4.74. The highest BCUT2D eigenvalue weighted by Gasteiger charge is 2.12. The lowest BCUT2D eigenvalue weighted by Crippen LogP contribution is -2.24. The van der Waals surface area contributed by atoms with Crippen molar-refractivity contribution in [1.82, 2.24) is 5.43 Å². The number of hydrogen-bond donors (Lipinski definition) is 2. The van der Waals surface area contributed by atoms with Crippen LogP contribution in [0.5, 0.6) is 11.5 Å². The van der Waals surface area contributed by atoms with Crippen molar-refractivity contribution in [3.05, 3.63) is 57.6 Å². The zero-order valence-electron chi connectivity index (χ0n) is 12.8. The number of benzene rings is 2. The molecule has 0 aliphatic heterocycles. The standard InChI is InChI=1S/C16H15Cl2N3O2S/c1-22-14-7-2-4-10(8-20-21-16(19)24)15(14)23-9-11-12(17)5-3-6-13(11)18/h2-8H,9H2,1H3,(H3,19,21,24)/b20-8-. The Labute approximate surface area is 155 Å². The molecule has 24 heavy (non-hydrogen) atoms. The summed E-state index contributed by atoms with van der Waals surface area (Å²) >= 11 is 17.0. The Hall–Kier alpha value is -2.02. The number of nitrogens with one attached hydrogen (secondary N) is 1. The van der Waals surface area contributed by atoms with Gasteiger partial charge in [0.1, 0.15) is 6.61 Å². The first kappa shape index (κ1) is 18.3. The minimum absolute atomic E-state index is 0.0689. The summed E-state index contributed by atoms with van der Waals surface area (Å²) in [6.07, 6.45) is 1.53. The molecule has 0 unspecified atom stereocenters. The normalized spacial score (nSPS) is 10.6. The predicted octanol–water partition coefficient (Wildman–Crippen LogP) is 3.75. The van der Waals surface area contributed by atoms with E-state index in [2.05, 4.69) is 10.5 Å². The smallest absolute Gasteiger partial charge is 0.184 e. The molecule has 0 aliphatic carbocycles. The quantitative estimate of drug-likeness (QED) is 0.451. The van der Waals surface area contributed by atoms with E-state index in [9.17, 15) is 0 Å². The van der Waals surface area contributed by atoms with Crippen molar-refractivity contribution in [2.45, 2.75) is 6.61 Å². The van der Waals surface area contributed by atoms with Crippen LogP contribution in [0.2, 0.25) is 10.0 Å². The van der Waals surface area contributed by atoms with Crippen LogP contribution in [0.15, 0.2) is 41.5 Å². The second-order valence-electron chi connectivity index (χ2n) is 4.60. The zero-order valence-corrected chi connectivity index (χ0v) is 15.1. The Balaban J connectivity index is 2.27. The van der Waals surface area contributed by atoms with E-state index in [-0.39, 0.29) is 11.7 Å². The van der Waals surface area contributed by atoms with E-state index in [1.165, 1.54) is 6.21 Å². The van der Waals surface area contributed by atoms with Gasteiger partial charge in [-0.25, -0.2) is 0 Å². The molecular weight excluding hydrogens is 369 g/mol. The van der Waals surface area contributed by atoms with Crippen molar-refractivity contribution in [2.75, 3.05) is 7.11 Å². The summed E-state index contributed by atoms with van der Waals surface area (Å²) in [5.41, 5.74) is 9.20. The largest absolute Gasteiger partial charge is 0.493 e. The number of nitrogens with two attached hydrogens (primary N) is 1. The predicted molar refractivity (Wildman–Crippen MR) is 101 cm³/mol. The molecule has 2 rings (SSSR count). The maximum Gasteiger partial charge on any atom is 0.184 e. The van der Waals surface area contributed by atoms with Gasteiger partial charge in [0.25, 0.3) is 0 Å². The van der Waals surface area contributed by atoms with Gasteiger partial charge in [0.15, 0.2) is 16.6 Å². The SMILES string of the molecule is COc1cccc(/C=N\NC(N)=S)c1OCc1c(Cl)cccc1Cl. The molecule has 5 nitrogen and oxygen atoms in total. The van der Waals surface area contributed by atoms with Crippen LogP contribution in [-0.2, 0) is 6.61 Å². The molecule has 2 aromatic rings. The molecule has 0 saturated carbocycles. The van der Waals surface area contributed by atoms with Crippen LogP contribution < -0.4 is 20.6 Å². The molecule has 0 heterocycles. The van der Waals surface area contributed by atoms with Gasteiger partial charge >= 0.3 is 0 Å². The molecule has 126 valence electrons. The number of para-hydroxylation sites is 1. The minimum atomic E-state index is 0.0689. The van der Waals surface area contributed by atoms with Crippen molar-refractivity contribution < 1.29 is 9.47 Å². The Bertz CT molecular complexity index is 749. The first-order valence-corrected chi connectivity index (χ1v) is 8.00. The minimum Gasteiger partial charge on any atom is -0.493 e. The number of nitrogens with zero attached hydrogens (tertiary/aromatic N) is 1. The highest BCUT2D eigenvalue weighted by molar-refractivity contribution is 7.80. The van der Waals surface area contributed by atoms with Crippen LogP contribution in [0.4, 0.5) is 0 Å². The highest BCUT2D eigenvalue weighted by Crippen LogP contribution is 2.32. The summed E-state index contributed by atoms with van der Waals surface area (Å²) in [6.45, 7) is 0.183. The maximum atomic E-state index is 6.17. The van der Waals surface area contributed by atoms with Crippen molar-refractivity contribution in [1.29, 1.82) is 0 Å². The van der Waals surface area contributed by atoms with Gasteiger partial charge in [0, 0.05) is 21.2 Å². The van der Waals surface area contributed by atoms with Crippen molar-refractivity contribution >= 4 is 46.7 Å². The number of thiocarbonyl (C=S) groups is 1. The van der Waals surface area contributed by atoms with Gasteiger partial charge in [0.05, 0.1) is 13.3 Å². The molecule has 0 aliphatic rings. The zero-order chi connectivity index (χ0) is 17.5. The molecule has 0 spiro atoms.